The first-order chi connectivity index (χ1) is 6.97. The van der Waals surface area contributed by atoms with Crippen molar-refractivity contribution < 1.29 is 17.9 Å². The molecular weight excluding hydrogens is 308 g/mol. The lowest BCUT2D eigenvalue weighted by atomic mass is 10.2. The molecular formula is C8H6BrClO4S. The summed E-state index contributed by atoms with van der Waals surface area (Å²) < 4.78 is 32.7. The molecule has 0 unspecified atom stereocenters. The van der Waals surface area contributed by atoms with Crippen molar-refractivity contribution in [1.82, 2.24) is 0 Å². The van der Waals surface area contributed by atoms with Crippen LogP contribution in [0.5, 0.6) is 11.5 Å². The number of hydrogen-bond donors (Lipinski definition) is 0. The Hall–Kier alpha value is -0.460. The van der Waals surface area contributed by atoms with Gasteiger partial charge in [0.05, 0.1) is 10.2 Å². The topological polar surface area (TPSA) is 52.6 Å². The van der Waals surface area contributed by atoms with E-state index >= 15 is 0 Å². The highest BCUT2D eigenvalue weighted by Crippen LogP contribution is 2.41. The summed E-state index contributed by atoms with van der Waals surface area (Å²) in [7, 11) is 1.60. The van der Waals surface area contributed by atoms with Crippen LogP contribution in [0.4, 0.5) is 0 Å². The van der Waals surface area contributed by atoms with Gasteiger partial charge < -0.3 is 9.47 Å². The predicted octanol–water partition coefficient (Wildman–Crippen LogP) is 2.25. The van der Waals surface area contributed by atoms with Gasteiger partial charge in [-0.1, -0.05) is 6.07 Å². The quantitative estimate of drug-likeness (QED) is 0.786. The lowest BCUT2D eigenvalue weighted by Crippen LogP contribution is -1.96. The molecule has 82 valence electrons. The maximum Gasteiger partial charge on any atom is 0.236 e. The van der Waals surface area contributed by atoms with Gasteiger partial charge in [0, 0.05) is 10.7 Å². The average molecular weight is 314 g/mol. The molecule has 0 amide bonds. The van der Waals surface area contributed by atoms with Gasteiger partial charge in [0.25, 0.3) is 0 Å². The third-order valence-electron chi connectivity index (χ3n) is 1.89. The van der Waals surface area contributed by atoms with Crippen molar-refractivity contribution in [3.8, 4) is 11.5 Å². The Labute approximate surface area is 99.7 Å². The van der Waals surface area contributed by atoms with Gasteiger partial charge in [-0.3, -0.25) is 0 Å². The maximum absolute atomic E-state index is 10.9. The molecule has 1 heterocycles. The van der Waals surface area contributed by atoms with Gasteiger partial charge in [-0.25, -0.2) is 8.42 Å². The first-order valence-electron chi connectivity index (χ1n) is 3.97. The molecule has 2 rings (SSSR count). The van der Waals surface area contributed by atoms with Crippen molar-refractivity contribution in [3.63, 3.8) is 0 Å². The van der Waals surface area contributed by atoms with Crippen LogP contribution in [0.15, 0.2) is 16.6 Å². The first kappa shape index (κ1) is 11.0. The molecule has 0 atom stereocenters. The second-order valence-electron chi connectivity index (χ2n) is 2.96. The molecule has 0 bridgehead atoms. The molecule has 1 aliphatic rings. The van der Waals surface area contributed by atoms with Gasteiger partial charge in [-0.05, 0) is 27.6 Å². The summed E-state index contributed by atoms with van der Waals surface area (Å²) in [5.74, 6) is 0.872. The molecule has 0 saturated heterocycles. The van der Waals surface area contributed by atoms with Crippen LogP contribution in [0, 0.1) is 0 Å². The van der Waals surface area contributed by atoms with E-state index < -0.39 is 9.05 Å². The van der Waals surface area contributed by atoms with Gasteiger partial charge >= 0.3 is 0 Å². The molecule has 15 heavy (non-hydrogen) atoms. The van der Waals surface area contributed by atoms with Crippen LogP contribution < -0.4 is 9.47 Å². The molecule has 1 aromatic rings. The fourth-order valence-electron chi connectivity index (χ4n) is 1.28. The van der Waals surface area contributed by atoms with E-state index in [9.17, 15) is 8.42 Å². The molecule has 0 fully saturated rings. The summed E-state index contributed by atoms with van der Waals surface area (Å²) in [6, 6.07) is 3.29. The van der Waals surface area contributed by atoms with Crippen molar-refractivity contribution in [2.75, 3.05) is 6.79 Å². The Kier molecular flexibility index (Phi) is 2.83. The monoisotopic (exact) mass is 312 g/mol. The number of fused-ring (bicyclic) bond motifs is 1. The molecule has 0 spiro atoms. The lowest BCUT2D eigenvalue weighted by Gasteiger charge is -2.04. The predicted molar refractivity (Wildman–Crippen MR) is 58.7 cm³/mol. The van der Waals surface area contributed by atoms with Gasteiger partial charge in [-0.2, -0.15) is 0 Å². The second-order valence-corrected chi connectivity index (χ2v) is 6.53. The van der Waals surface area contributed by atoms with E-state index in [1.807, 2.05) is 0 Å². The Morgan fingerprint density at radius 1 is 1.40 bits per heavy atom. The minimum Gasteiger partial charge on any atom is -0.454 e. The molecule has 0 aliphatic carbocycles. The molecule has 0 saturated carbocycles. The Morgan fingerprint density at radius 2 is 2.13 bits per heavy atom. The SMILES string of the molecule is O=S(=O)(Cl)Cc1ccc2c(c1Br)OCO2. The summed E-state index contributed by atoms with van der Waals surface area (Å²) in [5, 5.41) is 0. The van der Waals surface area contributed by atoms with Gasteiger partial charge in [-0.15, -0.1) is 0 Å². The van der Waals surface area contributed by atoms with Crippen LogP contribution in [0.1, 0.15) is 5.56 Å². The summed E-state index contributed by atoms with van der Waals surface area (Å²) in [6.07, 6.45) is 0. The van der Waals surface area contributed by atoms with Crippen molar-refractivity contribution in [2.45, 2.75) is 5.75 Å². The van der Waals surface area contributed by atoms with E-state index in [0.29, 0.717) is 21.5 Å². The van der Waals surface area contributed by atoms with Crippen LogP contribution >= 0.6 is 26.6 Å². The molecule has 4 nitrogen and oxygen atoms in total. The third kappa shape index (κ3) is 2.38. The fourth-order valence-corrected chi connectivity index (χ4v) is 3.01. The van der Waals surface area contributed by atoms with Crippen LogP contribution in [-0.2, 0) is 14.8 Å². The lowest BCUT2D eigenvalue weighted by molar-refractivity contribution is 0.173. The van der Waals surface area contributed by atoms with E-state index in [4.69, 9.17) is 20.2 Å². The van der Waals surface area contributed by atoms with Crippen molar-refractivity contribution in [1.29, 1.82) is 0 Å². The number of ether oxygens (including phenoxy) is 2. The van der Waals surface area contributed by atoms with E-state index in [1.165, 1.54) is 0 Å². The summed E-state index contributed by atoms with van der Waals surface area (Å²) >= 11 is 3.26. The number of hydrogen-bond acceptors (Lipinski definition) is 4. The molecule has 0 N–H and O–H groups in total. The van der Waals surface area contributed by atoms with E-state index in [-0.39, 0.29) is 12.5 Å². The highest BCUT2D eigenvalue weighted by atomic mass is 79.9. The van der Waals surface area contributed by atoms with Crippen LogP contribution in [0.2, 0.25) is 0 Å². The van der Waals surface area contributed by atoms with Crippen molar-refractivity contribution >= 4 is 35.7 Å². The zero-order valence-electron chi connectivity index (χ0n) is 7.37. The standard InChI is InChI=1S/C8H6BrClO4S/c9-7-5(3-15(10,11)12)1-2-6-8(7)14-4-13-6/h1-2H,3-4H2. The third-order valence-corrected chi connectivity index (χ3v) is 3.74. The molecule has 0 aromatic heterocycles. The van der Waals surface area contributed by atoms with Crippen LogP contribution in [-0.4, -0.2) is 15.2 Å². The summed E-state index contributed by atoms with van der Waals surface area (Å²) in [5.41, 5.74) is 0.550. The highest BCUT2D eigenvalue weighted by Gasteiger charge is 2.21. The second kappa shape index (κ2) is 3.84. The molecule has 0 radical (unpaired) electrons. The van der Waals surface area contributed by atoms with Crippen LogP contribution in [0.3, 0.4) is 0 Å². The Bertz CT molecular complexity index is 500. The Morgan fingerprint density at radius 3 is 2.80 bits per heavy atom. The van der Waals surface area contributed by atoms with E-state index in [0.717, 1.165) is 0 Å². The fraction of sp³-hybridized carbons (Fsp3) is 0.250. The highest BCUT2D eigenvalue weighted by molar-refractivity contribution is 9.10. The van der Waals surface area contributed by atoms with Gasteiger partial charge in [0.1, 0.15) is 0 Å². The normalized spacial score (nSPS) is 14.3. The minimum atomic E-state index is -3.57. The summed E-state index contributed by atoms with van der Waals surface area (Å²) in [6.45, 7) is 0.144. The zero-order chi connectivity index (χ0) is 11.1. The van der Waals surface area contributed by atoms with Gasteiger partial charge in [0.2, 0.25) is 15.8 Å². The first-order valence-corrected chi connectivity index (χ1v) is 7.24. The Balaban J connectivity index is 2.43. The largest absolute Gasteiger partial charge is 0.454 e. The van der Waals surface area contributed by atoms with Crippen molar-refractivity contribution in [3.05, 3.63) is 22.2 Å². The molecule has 7 heteroatoms. The van der Waals surface area contributed by atoms with Crippen LogP contribution in [0.25, 0.3) is 0 Å². The molecule has 1 aliphatic heterocycles. The number of halogens is 2. The number of rotatable bonds is 2. The maximum atomic E-state index is 10.9. The smallest absolute Gasteiger partial charge is 0.236 e. The van der Waals surface area contributed by atoms with E-state index in [1.54, 1.807) is 12.1 Å². The van der Waals surface area contributed by atoms with E-state index in [2.05, 4.69) is 15.9 Å². The summed E-state index contributed by atoms with van der Waals surface area (Å²) in [4.78, 5) is 0. The van der Waals surface area contributed by atoms with Crippen molar-refractivity contribution in [2.24, 2.45) is 0 Å². The molecule has 1 aromatic carbocycles. The zero-order valence-corrected chi connectivity index (χ0v) is 10.5. The van der Waals surface area contributed by atoms with Gasteiger partial charge in [0.15, 0.2) is 11.5 Å². The average Bonchev–Trinajstić information content (AvgIpc) is 2.56. The minimum absolute atomic E-state index is 0.144. The number of benzene rings is 1.